The van der Waals surface area contributed by atoms with Crippen molar-refractivity contribution in [1.82, 2.24) is 19.3 Å². The first-order chi connectivity index (χ1) is 19.0. The van der Waals surface area contributed by atoms with E-state index in [9.17, 15) is 4.79 Å². The maximum Gasteiger partial charge on any atom is 0.310 e. The van der Waals surface area contributed by atoms with Crippen molar-refractivity contribution in [2.24, 2.45) is 0 Å². The van der Waals surface area contributed by atoms with Crippen molar-refractivity contribution in [2.75, 3.05) is 51.4 Å². The second kappa shape index (κ2) is 12.3. The number of anilines is 1. The first kappa shape index (κ1) is 27.4. The number of aromatic nitrogens is 3. The third kappa shape index (κ3) is 6.04. The molecule has 4 heterocycles. The van der Waals surface area contributed by atoms with Gasteiger partial charge in [0.2, 0.25) is 5.95 Å². The summed E-state index contributed by atoms with van der Waals surface area (Å²) in [5.41, 5.74) is 4.52. The van der Waals surface area contributed by atoms with Crippen LogP contribution in [0.3, 0.4) is 0 Å². The van der Waals surface area contributed by atoms with Crippen molar-refractivity contribution in [3.8, 4) is 17.0 Å². The third-order valence-corrected chi connectivity index (χ3v) is 7.95. The smallest absolute Gasteiger partial charge is 0.310 e. The average molecular weight is 536 g/mol. The van der Waals surface area contributed by atoms with Crippen molar-refractivity contribution in [3.63, 3.8) is 0 Å². The van der Waals surface area contributed by atoms with E-state index >= 15 is 0 Å². The molecule has 1 aromatic carbocycles. The van der Waals surface area contributed by atoms with Crippen LogP contribution < -0.4 is 9.64 Å². The Morgan fingerprint density at radius 1 is 1.18 bits per heavy atom. The number of morpholine rings is 1. The first-order valence-electron chi connectivity index (χ1n) is 14.3. The van der Waals surface area contributed by atoms with Gasteiger partial charge in [0.1, 0.15) is 11.4 Å². The number of nitrogens with zero attached hydrogens (tertiary/aromatic N) is 5. The van der Waals surface area contributed by atoms with E-state index in [1.807, 2.05) is 44.4 Å². The number of rotatable bonds is 9. The predicted octanol–water partition coefficient (Wildman–Crippen LogP) is 4.29. The molecule has 2 aromatic heterocycles. The topological polar surface area (TPSA) is 81.4 Å². The molecule has 9 heteroatoms. The lowest BCUT2D eigenvalue weighted by molar-refractivity contribution is -0.147. The number of methoxy groups -OCH3 is 1. The molecule has 0 unspecified atom stereocenters. The Morgan fingerprint density at radius 3 is 2.67 bits per heavy atom. The number of benzene rings is 1. The molecule has 2 saturated heterocycles. The van der Waals surface area contributed by atoms with Gasteiger partial charge < -0.3 is 19.1 Å². The first-order valence-corrected chi connectivity index (χ1v) is 14.3. The van der Waals surface area contributed by atoms with Crippen LogP contribution in [0.1, 0.15) is 50.8 Å². The van der Waals surface area contributed by atoms with Gasteiger partial charge in [0.05, 0.1) is 44.1 Å². The predicted molar refractivity (Wildman–Crippen MR) is 152 cm³/mol. The maximum atomic E-state index is 12.5. The van der Waals surface area contributed by atoms with E-state index in [4.69, 9.17) is 19.2 Å². The Kier molecular flexibility index (Phi) is 8.67. The van der Waals surface area contributed by atoms with Gasteiger partial charge in [-0.05, 0) is 39.2 Å². The number of fused-ring (bicyclic) bond motifs is 1. The Morgan fingerprint density at radius 2 is 1.95 bits per heavy atom. The van der Waals surface area contributed by atoms with Crippen molar-refractivity contribution < 1.29 is 19.0 Å². The van der Waals surface area contributed by atoms with Crippen LogP contribution in [0.25, 0.3) is 16.8 Å². The monoisotopic (exact) mass is 535 g/mol. The van der Waals surface area contributed by atoms with Gasteiger partial charge in [-0.1, -0.05) is 25.5 Å². The Bertz CT molecular complexity index is 1280. The van der Waals surface area contributed by atoms with E-state index in [0.29, 0.717) is 11.8 Å². The highest BCUT2D eigenvalue weighted by Gasteiger charge is 2.29. The van der Waals surface area contributed by atoms with Gasteiger partial charge in [-0.25, -0.2) is 4.98 Å². The molecule has 0 aliphatic carbocycles. The summed E-state index contributed by atoms with van der Waals surface area (Å²) in [4.78, 5) is 27.3. The lowest BCUT2D eigenvalue weighted by atomic mass is 10.0. The fraction of sp³-hybridized carbons (Fsp3) is 0.567. The van der Waals surface area contributed by atoms with Crippen molar-refractivity contribution in [3.05, 3.63) is 41.9 Å². The number of ether oxygens (including phenoxy) is 3. The minimum absolute atomic E-state index is 0.0856. The molecule has 5 rings (SSSR count). The van der Waals surface area contributed by atoms with Gasteiger partial charge >= 0.3 is 5.97 Å². The molecule has 0 saturated carbocycles. The van der Waals surface area contributed by atoms with Crippen LogP contribution in [0.2, 0.25) is 0 Å². The summed E-state index contributed by atoms with van der Waals surface area (Å²) in [5.74, 6) is 1.36. The van der Waals surface area contributed by atoms with Gasteiger partial charge in [-0.15, -0.1) is 0 Å². The summed E-state index contributed by atoms with van der Waals surface area (Å²) < 4.78 is 19.0. The molecule has 0 N–H and O–H groups in total. The van der Waals surface area contributed by atoms with Crippen LogP contribution in [0.15, 0.2) is 30.6 Å². The van der Waals surface area contributed by atoms with Crippen molar-refractivity contribution >= 4 is 17.4 Å². The number of esters is 1. The highest BCUT2D eigenvalue weighted by Crippen LogP contribution is 2.34. The molecule has 9 nitrogen and oxygen atoms in total. The fourth-order valence-electron chi connectivity index (χ4n) is 5.90. The van der Waals surface area contributed by atoms with E-state index in [0.717, 1.165) is 99.1 Å². The molecule has 2 aliphatic rings. The zero-order valence-corrected chi connectivity index (χ0v) is 23.7. The van der Waals surface area contributed by atoms with Gasteiger partial charge in [0, 0.05) is 55.7 Å². The number of imidazole rings is 1. The molecule has 0 bridgehead atoms. The number of hydrogen-bond acceptors (Lipinski definition) is 8. The van der Waals surface area contributed by atoms with E-state index in [-0.39, 0.29) is 18.5 Å². The number of carbonyl (C=O) groups excluding carboxylic acids is 1. The van der Waals surface area contributed by atoms with Crippen molar-refractivity contribution in [1.29, 1.82) is 0 Å². The zero-order valence-electron chi connectivity index (χ0n) is 23.7. The zero-order chi connectivity index (χ0) is 27.4. The van der Waals surface area contributed by atoms with E-state index in [2.05, 4.69) is 26.1 Å². The number of hydrogen-bond donors (Lipinski definition) is 0. The molecular formula is C30H41N5O4. The number of aryl methyl sites for hydroxylation is 1. The van der Waals surface area contributed by atoms with Crippen LogP contribution >= 0.6 is 0 Å². The Hall–Kier alpha value is -3.17. The molecule has 0 radical (unpaired) electrons. The minimum atomic E-state index is -0.239. The van der Waals surface area contributed by atoms with Crippen LogP contribution in [0.4, 0.5) is 5.95 Å². The summed E-state index contributed by atoms with van der Waals surface area (Å²) in [7, 11) is 1.63. The fourth-order valence-corrected chi connectivity index (χ4v) is 5.90. The van der Waals surface area contributed by atoms with E-state index < -0.39 is 0 Å². The highest BCUT2D eigenvalue weighted by molar-refractivity contribution is 5.83. The molecule has 3 aromatic rings. The SMILES string of the molecule is CCC[C@H](C)OC(=O)Cc1ccc(-c2nc(N3CCC(N4CCOCC4)CC3)n3ccnc(C)c23)cc1OC. The number of carbonyl (C=O) groups is 1. The molecular weight excluding hydrogens is 494 g/mol. The molecule has 0 spiro atoms. The van der Waals surface area contributed by atoms with Crippen LogP contribution in [-0.2, 0) is 20.7 Å². The Balaban J connectivity index is 1.39. The summed E-state index contributed by atoms with van der Waals surface area (Å²) in [5, 5.41) is 0. The summed E-state index contributed by atoms with van der Waals surface area (Å²) in [6.07, 6.45) is 7.99. The lowest BCUT2D eigenvalue weighted by Crippen LogP contribution is -2.49. The highest BCUT2D eigenvalue weighted by atomic mass is 16.5. The van der Waals surface area contributed by atoms with Crippen LogP contribution in [0.5, 0.6) is 5.75 Å². The average Bonchev–Trinajstić information content (AvgIpc) is 3.35. The summed E-state index contributed by atoms with van der Waals surface area (Å²) in [6.45, 7) is 11.7. The second-order valence-electron chi connectivity index (χ2n) is 10.7. The maximum absolute atomic E-state index is 12.5. The molecule has 1 atom stereocenters. The largest absolute Gasteiger partial charge is 0.496 e. The van der Waals surface area contributed by atoms with E-state index in [1.165, 1.54) is 0 Å². The third-order valence-electron chi connectivity index (χ3n) is 7.95. The van der Waals surface area contributed by atoms with Gasteiger partial charge in [-0.2, -0.15) is 0 Å². The minimum Gasteiger partial charge on any atom is -0.496 e. The lowest BCUT2D eigenvalue weighted by Gasteiger charge is -2.40. The quantitative estimate of drug-likeness (QED) is 0.376. The molecule has 2 aliphatic heterocycles. The molecule has 2 fully saturated rings. The normalized spacial score (nSPS) is 17.9. The molecule has 39 heavy (non-hydrogen) atoms. The Labute approximate surface area is 231 Å². The molecule has 210 valence electrons. The standard InChI is InChI=1S/C30H41N5O4/c1-5-6-21(2)39-27(36)20-23-7-8-24(19-26(23)37-4)28-29-22(3)31-11-14-35(29)30(32-28)34-12-9-25(10-13-34)33-15-17-38-18-16-33/h7-8,11,14,19,21,25H,5-6,9-10,12-13,15-18,20H2,1-4H3/t21-/m0/s1. The molecule has 0 amide bonds. The number of piperidine rings is 1. The van der Waals surface area contributed by atoms with Crippen molar-refractivity contribution in [2.45, 2.75) is 65.0 Å². The summed E-state index contributed by atoms with van der Waals surface area (Å²) in [6, 6.07) is 6.54. The second-order valence-corrected chi connectivity index (χ2v) is 10.7. The van der Waals surface area contributed by atoms with Gasteiger partial charge in [-0.3, -0.25) is 19.1 Å². The summed E-state index contributed by atoms with van der Waals surface area (Å²) >= 11 is 0. The van der Waals surface area contributed by atoms with Crippen LogP contribution in [0, 0.1) is 6.92 Å². The van der Waals surface area contributed by atoms with Crippen LogP contribution in [-0.4, -0.2) is 83.9 Å². The van der Waals surface area contributed by atoms with Gasteiger partial charge in [0.15, 0.2) is 0 Å². The van der Waals surface area contributed by atoms with Gasteiger partial charge in [0.25, 0.3) is 0 Å². The van der Waals surface area contributed by atoms with E-state index in [1.54, 1.807) is 7.11 Å².